The fourth-order valence-corrected chi connectivity index (χ4v) is 9.50. The van der Waals surface area contributed by atoms with Gasteiger partial charge in [0.25, 0.3) is 0 Å². The number of rotatable bonds is 6. The van der Waals surface area contributed by atoms with Crippen molar-refractivity contribution < 1.29 is 4.42 Å². The first-order valence-corrected chi connectivity index (χ1v) is 20.5. The van der Waals surface area contributed by atoms with Crippen LogP contribution < -0.4 is 4.90 Å². The predicted octanol–water partition coefficient (Wildman–Crippen LogP) is 15.6. The Bertz CT molecular complexity index is 3420. The number of allylic oxidation sites excluding steroid dienone is 1. The second-order valence-electron chi connectivity index (χ2n) is 15.6. The highest BCUT2D eigenvalue weighted by Crippen LogP contribution is 2.44. The summed E-state index contributed by atoms with van der Waals surface area (Å²) >= 11 is 0. The number of furan rings is 1. The summed E-state index contributed by atoms with van der Waals surface area (Å²) in [7, 11) is 0. The van der Waals surface area contributed by atoms with E-state index in [4.69, 9.17) is 4.42 Å². The van der Waals surface area contributed by atoms with Crippen molar-refractivity contribution in [3.63, 3.8) is 0 Å². The molecule has 0 atom stereocenters. The maximum absolute atomic E-state index is 6.39. The normalized spacial score (nSPS) is 12.5. The van der Waals surface area contributed by atoms with Gasteiger partial charge >= 0.3 is 0 Å². The molecule has 0 saturated heterocycles. The van der Waals surface area contributed by atoms with E-state index in [1.807, 2.05) is 6.07 Å². The Morgan fingerprint density at radius 3 is 1.93 bits per heavy atom. The Morgan fingerprint density at radius 1 is 0.458 bits per heavy atom. The molecule has 0 aliphatic heterocycles. The van der Waals surface area contributed by atoms with Crippen molar-refractivity contribution in [2.24, 2.45) is 0 Å². The smallest absolute Gasteiger partial charge is 0.137 e. The van der Waals surface area contributed by atoms with E-state index >= 15 is 0 Å². The number of hydrogen-bond acceptors (Lipinski definition) is 2. The van der Waals surface area contributed by atoms with Crippen molar-refractivity contribution in [2.45, 2.75) is 12.8 Å². The van der Waals surface area contributed by atoms with Gasteiger partial charge in [0.2, 0.25) is 0 Å². The molecule has 3 heteroatoms. The van der Waals surface area contributed by atoms with E-state index in [9.17, 15) is 0 Å². The molecule has 0 radical (unpaired) electrons. The van der Waals surface area contributed by atoms with Crippen LogP contribution in [0.2, 0.25) is 0 Å². The van der Waals surface area contributed by atoms with E-state index in [1.165, 1.54) is 60.4 Å². The number of para-hydroxylation sites is 2. The van der Waals surface area contributed by atoms with Crippen molar-refractivity contribution >= 4 is 77.7 Å². The van der Waals surface area contributed by atoms with Crippen LogP contribution in [0.25, 0.3) is 88.5 Å². The zero-order valence-corrected chi connectivity index (χ0v) is 32.3. The lowest BCUT2D eigenvalue weighted by molar-refractivity contribution is 0.669. The molecule has 9 aromatic carbocycles. The number of benzene rings is 9. The molecule has 0 unspecified atom stereocenters. The minimum absolute atomic E-state index is 0.876. The summed E-state index contributed by atoms with van der Waals surface area (Å²) in [6, 6.07) is 70.4. The molecular weight excluding hydrogens is 717 g/mol. The Labute approximate surface area is 342 Å². The first kappa shape index (κ1) is 33.5. The first-order valence-electron chi connectivity index (χ1n) is 20.5. The first-order chi connectivity index (χ1) is 29.3. The highest BCUT2D eigenvalue weighted by molar-refractivity contribution is 6.21. The van der Waals surface area contributed by atoms with Crippen molar-refractivity contribution in [3.05, 3.63) is 211 Å². The summed E-state index contributed by atoms with van der Waals surface area (Å²) in [5.41, 5.74) is 16.2. The summed E-state index contributed by atoms with van der Waals surface area (Å²) in [5, 5.41) is 7.32. The van der Waals surface area contributed by atoms with Crippen LogP contribution in [-0.2, 0) is 6.42 Å². The average molecular weight is 755 g/mol. The van der Waals surface area contributed by atoms with Crippen LogP contribution >= 0.6 is 0 Å². The molecule has 12 rings (SSSR count). The van der Waals surface area contributed by atoms with E-state index in [0.717, 1.165) is 63.1 Å². The van der Waals surface area contributed by atoms with Gasteiger partial charge in [-0.1, -0.05) is 140 Å². The Morgan fingerprint density at radius 2 is 1.12 bits per heavy atom. The number of fused-ring (bicyclic) bond motifs is 9. The molecule has 59 heavy (non-hydrogen) atoms. The van der Waals surface area contributed by atoms with E-state index in [1.54, 1.807) is 0 Å². The summed E-state index contributed by atoms with van der Waals surface area (Å²) in [5.74, 6) is 0. The second kappa shape index (κ2) is 13.5. The quantitative estimate of drug-likeness (QED) is 0.169. The van der Waals surface area contributed by atoms with E-state index in [2.05, 4.69) is 210 Å². The third-order valence-corrected chi connectivity index (χ3v) is 12.3. The van der Waals surface area contributed by atoms with Crippen molar-refractivity contribution in [2.75, 3.05) is 4.90 Å². The summed E-state index contributed by atoms with van der Waals surface area (Å²) in [4.78, 5) is 2.37. The zero-order chi connectivity index (χ0) is 38.9. The zero-order valence-electron chi connectivity index (χ0n) is 32.3. The third kappa shape index (κ3) is 5.43. The lowest BCUT2D eigenvalue weighted by atomic mass is 9.90. The summed E-state index contributed by atoms with van der Waals surface area (Å²) in [6.07, 6.45) is 6.78. The molecule has 2 aromatic heterocycles. The van der Waals surface area contributed by atoms with Crippen LogP contribution in [0.3, 0.4) is 0 Å². The van der Waals surface area contributed by atoms with Gasteiger partial charge in [0, 0.05) is 33.2 Å². The molecule has 0 N–H and O–H groups in total. The Hall–Kier alpha value is -7.62. The largest absolute Gasteiger partial charge is 0.456 e. The molecular formula is C56H38N2O. The van der Waals surface area contributed by atoms with Crippen LogP contribution in [0.15, 0.2) is 205 Å². The Kier molecular flexibility index (Phi) is 7.67. The van der Waals surface area contributed by atoms with Crippen molar-refractivity contribution in [1.82, 2.24) is 4.57 Å². The van der Waals surface area contributed by atoms with Gasteiger partial charge in [0.1, 0.15) is 11.2 Å². The molecule has 1 aliphatic rings. The van der Waals surface area contributed by atoms with Crippen LogP contribution in [-0.4, -0.2) is 4.57 Å². The number of nitrogens with zero attached hydrogens (tertiary/aromatic N) is 2. The van der Waals surface area contributed by atoms with Crippen LogP contribution in [0, 0.1) is 0 Å². The molecule has 3 nitrogen and oxygen atoms in total. The molecule has 11 aromatic rings. The van der Waals surface area contributed by atoms with Gasteiger partial charge < -0.3 is 13.9 Å². The molecule has 0 bridgehead atoms. The van der Waals surface area contributed by atoms with E-state index < -0.39 is 0 Å². The molecule has 0 fully saturated rings. The Balaban J connectivity index is 0.940. The maximum atomic E-state index is 6.39. The number of hydrogen-bond donors (Lipinski definition) is 0. The number of aryl methyl sites for hydroxylation is 1. The second-order valence-corrected chi connectivity index (χ2v) is 15.6. The van der Waals surface area contributed by atoms with Crippen molar-refractivity contribution in [1.29, 1.82) is 0 Å². The fraction of sp³-hybridized carbons (Fsp3) is 0.0357. The summed E-state index contributed by atoms with van der Waals surface area (Å²) < 4.78 is 8.79. The standard InChI is InChI=1S/C56H38N2O/c1-3-14-45-39(11-1)13-9-18-46(45)41-27-34-43(35-28-41)57(51-20-10-22-54-56(51)49-17-6-8-21-53(49)59-54)42-30-23-37(24-31-42)38-25-32-44(33-26-38)58-50-19-7-5-16-48(50)55-47-15-4-2-12-40(47)29-36-52(55)58/h2-10,12-36H,1,11H2. The van der Waals surface area contributed by atoms with Gasteiger partial charge in [-0.2, -0.15) is 0 Å². The van der Waals surface area contributed by atoms with Gasteiger partial charge in [-0.25, -0.2) is 0 Å². The molecule has 0 amide bonds. The molecule has 0 saturated carbocycles. The van der Waals surface area contributed by atoms with Crippen LogP contribution in [0.4, 0.5) is 17.1 Å². The minimum Gasteiger partial charge on any atom is -0.456 e. The van der Waals surface area contributed by atoms with E-state index in [0.29, 0.717) is 0 Å². The number of aromatic nitrogens is 1. The average Bonchev–Trinajstić information content (AvgIpc) is 3.86. The predicted molar refractivity (Wildman–Crippen MR) is 248 cm³/mol. The van der Waals surface area contributed by atoms with Gasteiger partial charge in [-0.15, -0.1) is 0 Å². The molecule has 1 aliphatic carbocycles. The lowest BCUT2D eigenvalue weighted by Gasteiger charge is -2.27. The molecule has 0 spiro atoms. The van der Waals surface area contributed by atoms with Gasteiger partial charge in [0.15, 0.2) is 0 Å². The maximum Gasteiger partial charge on any atom is 0.137 e. The third-order valence-electron chi connectivity index (χ3n) is 12.3. The lowest BCUT2D eigenvalue weighted by Crippen LogP contribution is -2.10. The topological polar surface area (TPSA) is 21.3 Å². The van der Waals surface area contributed by atoms with E-state index in [-0.39, 0.29) is 0 Å². The molecule has 278 valence electrons. The highest BCUT2D eigenvalue weighted by Gasteiger charge is 2.21. The fourth-order valence-electron chi connectivity index (χ4n) is 9.50. The van der Waals surface area contributed by atoms with Gasteiger partial charge in [-0.3, -0.25) is 0 Å². The monoisotopic (exact) mass is 754 g/mol. The van der Waals surface area contributed by atoms with Gasteiger partial charge in [0.05, 0.1) is 22.1 Å². The highest BCUT2D eigenvalue weighted by atomic mass is 16.3. The van der Waals surface area contributed by atoms with Crippen LogP contribution in [0.5, 0.6) is 0 Å². The van der Waals surface area contributed by atoms with Gasteiger partial charge in [-0.05, 0) is 124 Å². The molecule has 2 heterocycles. The number of anilines is 3. The SMILES string of the molecule is C1=Cc2c(cccc2-c2ccc(N(c3ccc(-c4ccc(-n5c6ccccc6c6c7ccccc7ccc65)cc4)cc3)c3cccc4oc5ccccc5c34)cc2)CC1. The minimum atomic E-state index is 0.876. The summed E-state index contributed by atoms with van der Waals surface area (Å²) in [6.45, 7) is 0. The van der Waals surface area contributed by atoms with Crippen LogP contribution in [0.1, 0.15) is 17.5 Å². The van der Waals surface area contributed by atoms with Crippen molar-refractivity contribution in [3.8, 4) is 27.9 Å².